The van der Waals surface area contributed by atoms with E-state index in [1.807, 2.05) is 38.1 Å². The highest BCUT2D eigenvalue weighted by Gasteiger charge is 2.45. The van der Waals surface area contributed by atoms with E-state index >= 15 is 8.78 Å². The van der Waals surface area contributed by atoms with Crippen molar-refractivity contribution in [2.45, 2.75) is 89.9 Å². The van der Waals surface area contributed by atoms with Crippen LogP contribution in [0, 0.1) is 35.0 Å². The van der Waals surface area contributed by atoms with Crippen LogP contribution in [0.3, 0.4) is 0 Å². The van der Waals surface area contributed by atoms with Crippen LogP contribution in [0.25, 0.3) is 44.5 Å². The van der Waals surface area contributed by atoms with Gasteiger partial charge in [0.15, 0.2) is 0 Å². The van der Waals surface area contributed by atoms with Crippen LogP contribution in [-0.4, -0.2) is 81.7 Å². The Hall–Kier alpha value is -6.83. The number of alkyl halides is 2. The van der Waals surface area contributed by atoms with Crippen LogP contribution in [0.1, 0.15) is 94.7 Å². The zero-order valence-electron chi connectivity index (χ0n) is 37.1. The number of hydrogen-bond acceptors (Lipinski definition) is 9. The molecule has 1 aliphatic heterocycles. The maximum Gasteiger partial charge on any atom is 0.407 e. The molecule has 15 nitrogen and oxygen atoms in total. The predicted octanol–water partition coefficient (Wildman–Crippen LogP) is 8.26. The Morgan fingerprint density at radius 2 is 1.43 bits per heavy atom. The Morgan fingerprint density at radius 3 is 2.06 bits per heavy atom. The largest absolute Gasteiger partial charge is 0.453 e. The summed E-state index contributed by atoms with van der Waals surface area (Å²) in [4.78, 5) is 69.2. The van der Waals surface area contributed by atoms with Crippen molar-refractivity contribution in [2.75, 3.05) is 20.8 Å². The van der Waals surface area contributed by atoms with Crippen LogP contribution in [-0.2, 0) is 25.0 Å². The maximum atomic E-state index is 16.6. The molecule has 5 aromatic rings. The second-order valence-corrected chi connectivity index (χ2v) is 17.9. The molecule has 3 heterocycles. The first kappa shape index (κ1) is 44.8. The fourth-order valence-electron chi connectivity index (χ4n) is 9.55. The van der Waals surface area contributed by atoms with Gasteiger partial charge in [-0.3, -0.25) is 9.59 Å². The number of ether oxygens (including phenoxy) is 2. The number of carbonyl (C=O) groups excluding carboxylic acids is 4. The van der Waals surface area contributed by atoms with E-state index in [0.717, 1.165) is 25.7 Å². The average Bonchev–Trinajstić information content (AvgIpc) is 4.16. The third kappa shape index (κ3) is 8.61. The number of amides is 4. The Balaban J connectivity index is 1.03. The predicted molar refractivity (Wildman–Crippen MR) is 237 cm³/mol. The molecule has 2 aliphatic carbocycles. The van der Waals surface area contributed by atoms with Gasteiger partial charge in [-0.25, -0.2) is 19.6 Å². The van der Waals surface area contributed by atoms with E-state index in [1.165, 1.54) is 37.4 Å². The minimum absolute atomic E-state index is 0.120. The SMILES string of the molecule is COC(=O)N[C@H](C(=O)N[C@H](c1nc2ccc(-c3ccc4c(c3)C(F)(F)c3cc(-c5cnc([C@@H]6C[C@H](C#N)CN6C(=O)[C@H](NC(=O)OC)C(C)C)[nH]5)ccc3-4)cc2[nH]1)C1CCCC1)C(C)C. The molecule has 65 heavy (non-hydrogen) atoms. The molecule has 1 saturated carbocycles. The number of hydrogen-bond donors (Lipinski definition) is 5. The van der Waals surface area contributed by atoms with Gasteiger partial charge in [-0.1, -0.05) is 70.9 Å². The zero-order chi connectivity index (χ0) is 46.3. The molecule has 3 aliphatic rings. The molecule has 5 N–H and O–H groups in total. The third-order valence-corrected chi connectivity index (χ3v) is 13.1. The summed E-state index contributed by atoms with van der Waals surface area (Å²) in [6.45, 7) is 7.42. The lowest BCUT2D eigenvalue weighted by atomic mass is 9.96. The molecule has 1 saturated heterocycles. The number of aromatic nitrogens is 4. The summed E-state index contributed by atoms with van der Waals surface area (Å²) in [6, 6.07) is 15.0. The first-order chi connectivity index (χ1) is 31.1. The minimum Gasteiger partial charge on any atom is -0.453 e. The number of aromatic amines is 2. The molecule has 3 aromatic carbocycles. The van der Waals surface area contributed by atoms with Crippen LogP contribution >= 0.6 is 0 Å². The van der Waals surface area contributed by atoms with E-state index in [4.69, 9.17) is 14.5 Å². The van der Waals surface area contributed by atoms with Crippen molar-refractivity contribution in [3.8, 4) is 39.6 Å². The topological polar surface area (TPSA) is 207 Å². The van der Waals surface area contributed by atoms with Crippen LogP contribution in [0.2, 0.25) is 0 Å². The summed E-state index contributed by atoms with van der Waals surface area (Å²) in [5.74, 6) is -3.88. The molecule has 2 fully saturated rings. The highest BCUT2D eigenvalue weighted by molar-refractivity contribution is 5.89. The monoisotopic (exact) mass is 889 g/mol. The molecule has 0 unspecified atom stereocenters. The summed E-state index contributed by atoms with van der Waals surface area (Å²) in [6.07, 6.45) is 4.27. The third-order valence-electron chi connectivity index (χ3n) is 13.1. The number of halogens is 2. The van der Waals surface area contributed by atoms with Gasteiger partial charge in [-0.05, 0) is 83.5 Å². The molecule has 340 valence electrons. The molecule has 2 aromatic heterocycles. The second kappa shape index (κ2) is 18.0. The number of likely N-dealkylation sites (tertiary alicyclic amines) is 1. The average molecular weight is 890 g/mol. The zero-order valence-corrected chi connectivity index (χ0v) is 37.1. The summed E-state index contributed by atoms with van der Waals surface area (Å²) in [7, 11) is 2.47. The van der Waals surface area contributed by atoms with Crippen molar-refractivity contribution in [2.24, 2.45) is 23.7 Å². The number of benzene rings is 3. The number of fused-ring (bicyclic) bond motifs is 4. The van der Waals surface area contributed by atoms with Crippen molar-refractivity contribution >= 4 is 35.0 Å². The van der Waals surface area contributed by atoms with Crippen molar-refractivity contribution in [1.82, 2.24) is 40.8 Å². The van der Waals surface area contributed by atoms with Gasteiger partial charge in [0.25, 0.3) is 5.92 Å². The Morgan fingerprint density at radius 1 is 0.831 bits per heavy atom. The molecule has 0 spiro atoms. The molecule has 5 atom stereocenters. The lowest BCUT2D eigenvalue weighted by Gasteiger charge is -2.29. The van der Waals surface area contributed by atoms with E-state index in [-0.39, 0.29) is 47.2 Å². The van der Waals surface area contributed by atoms with Gasteiger partial charge in [-0.2, -0.15) is 14.0 Å². The summed E-state index contributed by atoms with van der Waals surface area (Å²) in [5, 5.41) is 18.2. The van der Waals surface area contributed by atoms with Gasteiger partial charge in [0.1, 0.15) is 23.7 Å². The standard InChI is InChI=1S/C48H53F2N9O6/c1-24(2)39(57-46(62)64-5)44(60)56-41(27-9-7-8-10-27)43-53-35-16-13-29(20-36(35)54-43)28-11-14-31-32-15-12-30(19-34(32)48(49,50)33(31)18-28)37-22-52-42(55-37)38-17-26(21-51)23-59(38)45(61)40(25(3)4)58-47(63)65-6/h11-16,18-20,22,24-27,38-41H,7-10,17,23H2,1-6H3,(H,52,55)(H,53,54)(H,56,60)(H,57,62)(H,58,63)/t26-,38+,39+,40-,41+/m1/s1. The summed E-state index contributed by atoms with van der Waals surface area (Å²) in [5.41, 5.74) is 4.16. The van der Waals surface area contributed by atoms with Crippen molar-refractivity contribution in [1.29, 1.82) is 5.26 Å². The smallest absolute Gasteiger partial charge is 0.407 e. The van der Waals surface area contributed by atoms with E-state index in [9.17, 15) is 24.4 Å². The number of nitriles is 1. The van der Waals surface area contributed by atoms with E-state index < -0.39 is 48.2 Å². The van der Waals surface area contributed by atoms with Crippen molar-refractivity contribution in [3.63, 3.8) is 0 Å². The number of rotatable bonds is 12. The molecule has 8 rings (SSSR count). The van der Waals surface area contributed by atoms with E-state index in [1.54, 1.807) is 32.0 Å². The minimum atomic E-state index is -3.33. The van der Waals surface area contributed by atoms with Gasteiger partial charge >= 0.3 is 12.2 Å². The number of alkyl carbamates (subject to hydrolysis) is 2. The lowest BCUT2D eigenvalue weighted by molar-refractivity contribution is -0.135. The summed E-state index contributed by atoms with van der Waals surface area (Å²) < 4.78 is 42.7. The fraction of sp³-hybridized carbons (Fsp3) is 0.438. The first-order valence-corrected chi connectivity index (χ1v) is 22.0. The number of nitrogens with zero attached hydrogens (tertiary/aromatic N) is 4. The molecule has 17 heteroatoms. The van der Waals surface area contributed by atoms with Gasteiger partial charge in [0, 0.05) is 23.2 Å². The van der Waals surface area contributed by atoms with Crippen molar-refractivity contribution < 1.29 is 37.4 Å². The van der Waals surface area contributed by atoms with Crippen LogP contribution in [0.4, 0.5) is 18.4 Å². The number of carbonyl (C=O) groups is 4. The van der Waals surface area contributed by atoms with E-state index in [2.05, 4.69) is 37.0 Å². The second-order valence-electron chi connectivity index (χ2n) is 17.9. The molecular weight excluding hydrogens is 837 g/mol. The van der Waals surface area contributed by atoms with Gasteiger partial charge < -0.3 is 40.3 Å². The summed E-state index contributed by atoms with van der Waals surface area (Å²) >= 11 is 0. The highest BCUT2D eigenvalue weighted by Crippen LogP contribution is 2.53. The van der Waals surface area contributed by atoms with Gasteiger partial charge in [-0.15, -0.1) is 0 Å². The number of nitrogens with one attached hydrogen (secondary N) is 5. The number of H-pyrrole nitrogens is 2. The van der Waals surface area contributed by atoms with Gasteiger partial charge in [0.05, 0.1) is 61.2 Å². The highest BCUT2D eigenvalue weighted by atomic mass is 19.3. The van der Waals surface area contributed by atoms with Crippen LogP contribution in [0.5, 0.6) is 0 Å². The van der Waals surface area contributed by atoms with Crippen molar-refractivity contribution in [3.05, 3.63) is 83.6 Å². The molecular formula is C48H53F2N9O6. The van der Waals surface area contributed by atoms with Crippen LogP contribution < -0.4 is 16.0 Å². The normalized spacial score (nSPS) is 19.1. The Labute approximate surface area is 375 Å². The Kier molecular flexibility index (Phi) is 12.4. The molecule has 4 amide bonds. The van der Waals surface area contributed by atoms with E-state index in [0.29, 0.717) is 62.6 Å². The fourth-order valence-corrected chi connectivity index (χ4v) is 9.55. The Bertz CT molecular complexity index is 2680. The van der Waals surface area contributed by atoms with Crippen LogP contribution in [0.15, 0.2) is 60.8 Å². The number of imidazole rings is 2. The lowest BCUT2D eigenvalue weighted by Crippen LogP contribution is -2.51. The molecule has 0 bridgehead atoms. The molecule has 0 radical (unpaired) electrons. The first-order valence-electron chi connectivity index (χ1n) is 22.0. The maximum absolute atomic E-state index is 16.6. The quantitative estimate of drug-likeness (QED) is 0.0816. The number of methoxy groups -OCH3 is 2. The van der Waals surface area contributed by atoms with Gasteiger partial charge in [0.2, 0.25) is 11.8 Å².